The molecule has 4 rings (SSSR count). The van der Waals surface area contributed by atoms with Gasteiger partial charge in [0.2, 0.25) is 15.9 Å². The van der Waals surface area contributed by atoms with Crippen molar-refractivity contribution in [1.82, 2.24) is 9.21 Å². The summed E-state index contributed by atoms with van der Waals surface area (Å²) in [6.07, 6.45) is 0.928. The maximum atomic E-state index is 13.2. The molecule has 2 heterocycles. The first-order chi connectivity index (χ1) is 15.3. The molecule has 2 aliphatic rings. The Balaban J connectivity index is 1.43. The molecule has 9 heteroatoms. The number of hydrogen-bond acceptors (Lipinski definition) is 6. The second kappa shape index (κ2) is 8.99. The highest BCUT2D eigenvalue weighted by Gasteiger charge is 2.34. The minimum absolute atomic E-state index is 0.0181. The zero-order valence-electron chi connectivity index (χ0n) is 18.7. The van der Waals surface area contributed by atoms with Crippen LogP contribution in [0.5, 0.6) is 11.5 Å². The molecule has 0 radical (unpaired) electrons. The third kappa shape index (κ3) is 4.14. The molecular formula is C23H29N3O5S. The van der Waals surface area contributed by atoms with Gasteiger partial charge in [0, 0.05) is 44.0 Å². The summed E-state index contributed by atoms with van der Waals surface area (Å²) in [7, 11) is -0.850. The van der Waals surface area contributed by atoms with Crippen LogP contribution in [-0.4, -0.2) is 76.5 Å². The number of anilines is 1. The third-order valence-electron chi connectivity index (χ3n) is 6.23. The van der Waals surface area contributed by atoms with Crippen LogP contribution < -0.4 is 14.4 Å². The molecule has 32 heavy (non-hydrogen) atoms. The number of benzene rings is 2. The molecule has 8 nitrogen and oxygen atoms in total. The number of rotatable bonds is 6. The number of carbonyl (C=O) groups is 1. The fraction of sp³-hybridized carbons (Fsp3) is 0.435. The number of hydrogen-bond donors (Lipinski definition) is 0. The molecule has 2 aromatic carbocycles. The van der Waals surface area contributed by atoms with E-state index in [0.717, 1.165) is 12.1 Å². The van der Waals surface area contributed by atoms with Crippen LogP contribution in [0.2, 0.25) is 0 Å². The van der Waals surface area contributed by atoms with Crippen molar-refractivity contribution in [1.29, 1.82) is 0 Å². The van der Waals surface area contributed by atoms with Gasteiger partial charge in [-0.25, -0.2) is 8.42 Å². The van der Waals surface area contributed by atoms with Crippen molar-refractivity contribution in [3.8, 4) is 11.5 Å². The Morgan fingerprint density at radius 2 is 1.75 bits per heavy atom. The predicted octanol–water partition coefficient (Wildman–Crippen LogP) is 1.99. The molecule has 2 aliphatic heterocycles. The van der Waals surface area contributed by atoms with Crippen molar-refractivity contribution in [3.63, 3.8) is 0 Å². The maximum Gasteiger partial charge on any atom is 0.247 e. The fourth-order valence-corrected chi connectivity index (χ4v) is 6.01. The van der Waals surface area contributed by atoms with Gasteiger partial charge in [0.1, 0.15) is 16.4 Å². The minimum atomic E-state index is -3.78. The van der Waals surface area contributed by atoms with Crippen molar-refractivity contribution >= 4 is 21.6 Å². The highest BCUT2D eigenvalue weighted by molar-refractivity contribution is 7.89. The van der Waals surface area contributed by atoms with Crippen molar-refractivity contribution in [2.45, 2.75) is 24.3 Å². The summed E-state index contributed by atoms with van der Waals surface area (Å²) < 4.78 is 38.4. The Morgan fingerprint density at radius 1 is 1.03 bits per heavy atom. The van der Waals surface area contributed by atoms with Crippen LogP contribution in [0.1, 0.15) is 12.5 Å². The second-order valence-electron chi connectivity index (χ2n) is 8.11. The van der Waals surface area contributed by atoms with Gasteiger partial charge in [-0.3, -0.25) is 4.79 Å². The Morgan fingerprint density at radius 3 is 2.44 bits per heavy atom. The van der Waals surface area contributed by atoms with Gasteiger partial charge >= 0.3 is 0 Å². The first-order valence-electron chi connectivity index (χ1n) is 10.7. The van der Waals surface area contributed by atoms with E-state index < -0.39 is 10.0 Å². The molecule has 0 aromatic heterocycles. The van der Waals surface area contributed by atoms with E-state index in [-0.39, 0.29) is 35.7 Å². The van der Waals surface area contributed by atoms with E-state index in [4.69, 9.17) is 9.47 Å². The van der Waals surface area contributed by atoms with Gasteiger partial charge in [0.15, 0.2) is 0 Å². The Kier molecular flexibility index (Phi) is 6.30. The zero-order chi connectivity index (χ0) is 22.9. The molecule has 1 amide bonds. The first kappa shape index (κ1) is 22.4. The lowest BCUT2D eigenvalue weighted by Crippen LogP contribution is -2.53. The summed E-state index contributed by atoms with van der Waals surface area (Å²) in [5, 5.41) is 0. The molecule has 0 saturated carbocycles. The van der Waals surface area contributed by atoms with Crippen LogP contribution in [0.3, 0.4) is 0 Å². The molecule has 1 fully saturated rings. The topological polar surface area (TPSA) is 79.4 Å². The standard InChI is InChI=1S/C23H29N3O5S/c1-17-14-18-6-4-5-7-20(18)26(17)16-23(27)24-10-12-25(13-11-24)32(28,29)22-15-19(30-2)8-9-21(22)31-3/h4-9,15,17H,10-14,16H2,1-3H3. The number of methoxy groups -OCH3 is 2. The van der Waals surface area contributed by atoms with Gasteiger partial charge in [0.05, 0.1) is 20.8 Å². The molecule has 0 bridgehead atoms. The lowest BCUT2D eigenvalue weighted by molar-refractivity contribution is -0.130. The fourth-order valence-electron chi connectivity index (χ4n) is 4.42. The summed E-state index contributed by atoms with van der Waals surface area (Å²) in [5.74, 6) is 0.730. The summed E-state index contributed by atoms with van der Waals surface area (Å²) in [4.78, 5) is 17.0. The van der Waals surface area contributed by atoms with Crippen LogP contribution in [-0.2, 0) is 21.2 Å². The van der Waals surface area contributed by atoms with Crippen LogP contribution >= 0.6 is 0 Å². The van der Waals surface area contributed by atoms with Gasteiger partial charge in [-0.1, -0.05) is 18.2 Å². The Labute approximate surface area is 189 Å². The molecule has 2 aromatic rings. The minimum Gasteiger partial charge on any atom is -0.497 e. The van der Waals surface area contributed by atoms with Crippen LogP contribution in [0.4, 0.5) is 5.69 Å². The second-order valence-corrected chi connectivity index (χ2v) is 10.0. The van der Waals surface area contributed by atoms with E-state index in [0.29, 0.717) is 25.4 Å². The lowest BCUT2D eigenvalue weighted by Gasteiger charge is -2.35. The number of para-hydroxylation sites is 1. The summed E-state index contributed by atoms with van der Waals surface area (Å²) in [5.41, 5.74) is 2.37. The molecule has 1 unspecified atom stereocenters. The van der Waals surface area contributed by atoms with Gasteiger partial charge in [-0.15, -0.1) is 0 Å². The number of ether oxygens (including phenoxy) is 2. The van der Waals surface area contributed by atoms with Gasteiger partial charge in [-0.05, 0) is 37.1 Å². The summed E-state index contributed by atoms with van der Waals surface area (Å²) >= 11 is 0. The van der Waals surface area contributed by atoms with E-state index in [1.54, 1.807) is 17.0 Å². The molecule has 1 saturated heterocycles. The number of fused-ring (bicyclic) bond motifs is 1. The van der Waals surface area contributed by atoms with E-state index in [9.17, 15) is 13.2 Å². The largest absolute Gasteiger partial charge is 0.497 e. The highest BCUT2D eigenvalue weighted by Crippen LogP contribution is 2.32. The molecular weight excluding hydrogens is 430 g/mol. The molecule has 0 spiro atoms. The van der Waals surface area contributed by atoms with Crippen LogP contribution in [0.25, 0.3) is 0 Å². The monoisotopic (exact) mass is 459 g/mol. The molecule has 0 N–H and O–H groups in total. The normalized spacial score (nSPS) is 19.0. The first-order valence-corrected chi connectivity index (χ1v) is 12.1. The van der Waals surface area contributed by atoms with E-state index >= 15 is 0 Å². The van der Waals surface area contributed by atoms with Crippen LogP contribution in [0, 0.1) is 0 Å². The molecule has 172 valence electrons. The van der Waals surface area contributed by atoms with Gasteiger partial charge in [-0.2, -0.15) is 4.31 Å². The number of sulfonamides is 1. The van der Waals surface area contributed by atoms with E-state index in [2.05, 4.69) is 24.0 Å². The number of nitrogens with zero attached hydrogens (tertiary/aromatic N) is 3. The number of carbonyl (C=O) groups excluding carboxylic acids is 1. The van der Waals surface area contributed by atoms with Crippen molar-refractivity contribution in [2.24, 2.45) is 0 Å². The summed E-state index contributed by atoms with van der Waals surface area (Å²) in [6, 6.07) is 13.1. The zero-order valence-corrected chi connectivity index (χ0v) is 19.5. The smallest absolute Gasteiger partial charge is 0.247 e. The highest BCUT2D eigenvalue weighted by atomic mass is 32.2. The summed E-state index contributed by atoms with van der Waals surface area (Å²) in [6.45, 7) is 3.61. The number of piperazine rings is 1. The van der Waals surface area contributed by atoms with E-state index in [1.165, 1.54) is 30.2 Å². The molecule has 0 aliphatic carbocycles. The van der Waals surface area contributed by atoms with Crippen molar-refractivity contribution in [3.05, 3.63) is 48.0 Å². The van der Waals surface area contributed by atoms with E-state index in [1.807, 2.05) is 12.1 Å². The number of amides is 1. The maximum absolute atomic E-state index is 13.2. The van der Waals surface area contributed by atoms with Gasteiger partial charge < -0.3 is 19.3 Å². The quantitative estimate of drug-likeness (QED) is 0.657. The average molecular weight is 460 g/mol. The van der Waals surface area contributed by atoms with Crippen LogP contribution in [0.15, 0.2) is 47.4 Å². The third-order valence-corrected chi connectivity index (χ3v) is 8.15. The Hall–Kier alpha value is -2.78. The van der Waals surface area contributed by atoms with Gasteiger partial charge in [0.25, 0.3) is 0 Å². The van der Waals surface area contributed by atoms with Crippen molar-refractivity contribution < 1.29 is 22.7 Å². The lowest BCUT2D eigenvalue weighted by atomic mass is 10.1. The molecule has 1 atom stereocenters. The average Bonchev–Trinajstić information content (AvgIpc) is 3.13. The Bertz CT molecular complexity index is 1100. The van der Waals surface area contributed by atoms with Crippen molar-refractivity contribution in [2.75, 3.05) is 51.8 Å². The SMILES string of the molecule is COc1ccc(OC)c(S(=O)(=O)N2CCN(C(=O)CN3c4ccccc4CC3C)CC2)c1. The predicted molar refractivity (Wildman–Crippen MR) is 122 cm³/mol.